The van der Waals surface area contributed by atoms with Gasteiger partial charge in [0.15, 0.2) is 6.61 Å². The van der Waals surface area contributed by atoms with Crippen LogP contribution in [0.3, 0.4) is 0 Å². The molecule has 1 fully saturated rings. The Labute approximate surface area is 187 Å². The molecule has 8 heteroatoms. The average Bonchev–Trinajstić information content (AvgIpc) is 3.18. The van der Waals surface area contributed by atoms with Crippen LogP contribution in [0.5, 0.6) is 5.75 Å². The fraction of sp³-hybridized carbons (Fsp3) is 0.435. The predicted molar refractivity (Wildman–Crippen MR) is 126 cm³/mol. The second-order valence-corrected chi connectivity index (χ2v) is 9.37. The number of thiophene rings is 1. The first-order chi connectivity index (χ1) is 14.9. The van der Waals surface area contributed by atoms with Gasteiger partial charge in [-0.15, -0.1) is 11.3 Å². The van der Waals surface area contributed by atoms with E-state index >= 15 is 0 Å². The van der Waals surface area contributed by atoms with Crippen molar-refractivity contribution in [2.24, 2.45) is 0 Å². The van der Waals surface area contributed by atoms with Crippen molar-refractivity contribution in [2.75, 3.05) is 44.0 Å². The van der Waals surface area contributed by atoms with Crippen molar-refractivity contribution in [1.82, 2.24) is 14.9 Å². The van der Waals surface area contributed by atoms with E-state index in [0.29, 0.717) is 11.7 Å². The summed E-state index contributed by atoms with van der Waals surface area (Å²) in [5, 5.41) is 5.75. The molecule has 0 atom stereocenters. The predicted octanol–water partition coefficient (Wildman–Crippen LogP) is 3.86. The van der Waals surface area contributed by atoms with Gasteiger partial charge in [0.25, 0.3) is 5.91 Å². The third kappa shape index (κ3) is 5.14. The van der Waals surface area contributed by atoms with Crippen LogP contribution >= 0.6 is 11.3 Å². The third-order valence-electron chi connectivity index (χ3n) is 5.71. The van der Waals surface area contributed by atoms with E-state index in [2.05, 4.69) is 29.2 Å². The molecule has 3 heterocycles. The summed E-state index contributed by atoms with van der Waals surface area (Å²) in [4.78, 5) is 27.5. The number of piperidine rings is 1. The quantitative estimate of drug-likeness (QED) is 0.629. The molecule has 1 aromatic carbocycles. The maximum atomic E-state index is 12.3. The van der Waals surface area contributed by atoms with E-state index in [1.54, 1.807) is 11.3 Å². The van der Waals surface area contributed by atoms with Crippen molar-refractivity contribution < 1.29 is 9.53 Å². The number of carbonyl (C=O) groups excluding carboxylic acids is 1. The largest absolute Gasteiger partial charge is 0.483 e. The number of anilines is 2. The summed E-state index contributed by atoms with van der Waals surface area (Å²) < 4.78 is 5.54. The summed E-state index contributed by atoms with van der Waals surface area (Å²) in [5.41, 5.74) is 2.52. The normalized spacial score (nSPS) is 14.9. The van der Waals surface area contributed by atoms with Gasteiger partial charge < -0.3 is 19.9 Å². The van der Waals surface area contributed by atoms with E-state index in [0.717, 1.165) is 59.1 Å². The van der Waals surface area contributed by atoms with Gasteiger partial charge in [0, 0.05) is 40.5 Å². The van der Waals surface area contributed by atoms with Crippen molar-refractivity contribution in [1.29, 1.82) is 0 Å². The first kappa shape index (κ1) is 21.5. The number of hydrogen-bond acceptors (Lipinski definition) is 7. The number of aromatic nitrogens is 2. The van der Waals surface area contributed by atoms with Crippen molar-refractivity contribution in [3.05, 3.63) is 40.2 Å². The van der Waals surface area contributed by atoms with Crippen LogP contribution in [0.1, 0.15) is 23.4 Å². The van der Waals surface area contributed by atoms with Crippen LogP contribution in [0.25, 0.3) is 10.9 Å². The molecule has 1 aliphatic heterocycles. The maximum Gasteiger partial charge on any atom is 0.262 e. The van der Waals surface area contributed by atoms with Crippen LogP contribution in [0.15, 0.2) is 29.6 Å². The Morgan fingerprint density at radius 3 is 2.68 bits per heavy atom. The second-order valence-electron chi connectivity index (χ2n) is 8.25. The number of fused-ring (bicyclic) bond motifs is 1. The molecule has 1 N–H and O–H groups in total. The number of hydrogen-bond donors (Lipinski definition) is 1. The van der Waals surface area contributed by atoms with Gasteiger partial charge in [-0.1, -0.05) is 0 Å². The molecule has 1 aliphatic rings. The van der Waals surface area contributed by atoms with Crippen LogP contribution in [-0.2, 0) is 4.79 Å². The molecular formula is C23H29N5O2S. The van der Waals surface area contributed by atoms with Crippen molar-refractivity contribution in [3.8, 4) is 5.75 Å². The van der Waals surface area contributed by atoms with E-state index in [1.165, 1.54) is 0 Å². The summed E-state index contributed by atoms with van der Waals surface area (Å²) in [6, 6.07) is 8.30. The molecule has 31 heavy (non-hydrogen) atoms. The summed E-state index contributed by atoms with van der Waals surface area (Å²) in [7, 11) is 4.28. The zero-order valence-corrected chi connectivity index (χ0v) is 19.3. The number of ether oxygens (including phenoxy) is 1. The highest BCUT2D eigenvalue weighted by atomic mass is 32.1. The Morgan fingerprint density at radius 2 is 2.00 bits per heavy atom. The lowest BCUT2D eigenvalue weighted by Gasteiger charge is -2.35. The number of aryl methyl sites for hydroxylation is 2. The minimum absolute atomic E-state index is 0.0223. The van der Waals surface area contributed by atoms with Gasteiger partial charge in [-0.05, 0) is 65.0 Å². The molecule has 0 spiro atoms. The van der Waals surface area contributed by atoms with Crippen molar-refractivity contribution in [2.45, 2.75) is 32.7 Å². The first-order valence-corrected chi connectivity index (χ1v) is 11.4. The zero-order valence-electron chi connectivity index (χ0n) is 18.5. The Hall–Kier alpha value is -2.71. The Balaban J connectivity index is 1.42. The highest BCUT2D eigenvalue weighted by Gasteiger charge is 2.22. The number of nitrogens with zero attached hydrogens (tertiary/aromatic N) is 4. The molecule has 0 radical (unpaired) electrons. The Morgan fingerprint density at radius 1 is 1.23 bits per heavy atom. The van der Waals surface area contributed by atoms with E-state index in [1.807, 2.05) is 43.5 Å². The summed E-state index contributed by atoms with van der Waals surface area (Å²) in [6.07, 6.45) is 2.23. The lowest BCUT2D eigenvalue weighted by Crippen LogP contribution is -2.42. The first-order valence-electron chi connectivity index (χ1n) is 10.6. The number of rotatable bonds is 6. The fourth-order valence-electron chi connectivity index (χ4n) is 3.91. The molecule has 0 saturated carbocycles. The van der Waals surface area contributed by atoms with Crippen LogP contribution in [-0.4, -0.2) is 60.6 Å². The van der Waals surface area contributed by atoms with Gasteiger partial charge in [-0.25, -0.2) is 9.97 Å². The van der Waals surface area contributed by atoms with E-state index in [4.69, 9.17) is 14.7 Å². The summed E-state index contributed by atoms with van der Waals surface area (Å²) in [6.45, 7) is 5.91. The molecular weight excluding hydrogens is 410 g/mol. The van der Waals surface area contributed by atoms with E-state index in [-0.39, 0.29) is 12.5 Å². The van der Waals surface area contributed by atoms with Gasteiger partial charge in [0.1, 0.15) is 5.75 Å². The summed E-state index contributed by atoms with van der Waals surface area (Å²) >= 11 is 1.60. The molecule has 7 nitrogen and oxygen atoms in total. The lowest BCUT2D eigenvalue weighted by molar-refractivity contribution is -0.118. The lowest BCUT2D eigenvalue weighted by atomic mass is 10.0. The highest BCUT2D eigenvalue weighted by molar-refractivity contribution is 7.10. The van der Waals surface area contributed by atoms with Gasteiger partial charge in [-0.3, -0.25) is 4.79 Å². The van der Waals surface area contributed by atoms with Crippen LogP contribution in [0, 0.1) is 13.8 Å². The number of amides is 1. The zero-order chi connectivity index (χ0) is 22.0. The Bertz CT molecular complexity index is 1070. The standard InChI is InChI=1S/C23H29N5O2S/c1-15-11-19(14-31-15)30-13-22(29)25-17-5-6-21-20(12-17)16(2)24-23(26-21)28-9-7-18(8-10-28)27(3)4/h5-6,11-12,14,18H,7-10,13H2,1-4H3,(H,25,29). The van der Waals surface area contributed by atoms with Gasteiger partial charge in [0.2, 0.25) is 5.95 Å². The molecule has 0 aliphatic carbocycles. The molecule has 1 saturated heterocycles. The number of carbonyl (C=O) groups is 1. The minimum atomic E-state index is -0.192. The van der Waals surface area contributed by atoms with E-state index < -0.39 is 0 Å². The maximum absolute atomic E-state index is 12.3. The SMILES string of the molecule is Cc1cc(OCC(=O)Nc2ccc3nc(N4CCC(N(C)C)CC4)nc(C)c3c2)cs1. The van der Waals surface area contributed by atoms with Gasteiger partial charge in [0.05, 0.1) is 11.2 Å². The molecule has 0 bridgehead atoms. The van der Waals surface area contributed by atoms with Gasteiger partial charge >= 0.3 is 0 Å². The molecule has 1 amide bonds. The van der Waals surface area contributed by atoms with Crippen LogP contribution < -0.4 is 15.0 Å². The van der Waals surface area contributed by atoms with Gasteiger partial charge in [-0.2, -0.15) is 0 Å². The molecule has 3 aromatic rings. The molecule has 164 valence electrons. The van der Waals surface area contributed by atoms with Crippen molar-refractivity contribution >= 4 is 39.8 Å². The fourth-order valence-corrected chi connectivity index (χ4v) is 4.53. The number of benzene rings is 1. The average molecular weight is 440 g/mol. The minimum Gasteiger partial charge on any atom is -0.483 e. The van der Waals surface area contributed by atoms with Crippen LogP contribution in [0.2, 0.25) is 0 Å². The molecule has 2 aromatic heterocycles. The third-order valence-corrected chi connectivity index (χ3v) is 6.55. The molecule has 4 rings (SSSR count). The smallest absolute Gasteiger partial charge is 0.262 e. The summed E-state index contributed by atoms with van der Waals surface area (Å²) in [5.74, 6) is 1.32. The topological polar surface area (TPSA) is 70.6 Å². The van der Waals surface area contributed by atoms with Crippen molar-refractivity contribution in [3.63, 3.8) is 0 Å². The second kappa shape index (κ2) is 9.20. The Kier molecular flexibility index (Phi) is 6.38. The highest BCUT2D eigenvalue weighted by Crippen LogP contribution is 2.25. The van der Waals surface area contributed by atoms with E-state index in [9.17, 15) is 4.79 Å². The molecule has 0 unspecified atom stereocenters. The monoisotopic (exact) mass is 439 g/mol. The van der Waals surface area contributed by atoms with Crippen LogP contribution in [0.4, 0.5) is 11.6 Å². The number of nitrogens with one attached hydrogen (secondary N) is 1.